The van der Waals surface area contributed by atoms with Crippen LogP contribution in [0.1, 0.15) is 15.9 Å². The molecule has 0 aliphatic rings. The molecule has 0 bridgehead atoms. The normalized spacial score (nSPS) is 11.6. The van der Waals surface area contributed by atoms with Gasteiger partial charge in [-0.05, 0) is 60.2 Å². The zero-order chi connectivity index (χ0) is 26.2. The Morgan fingerprint density at radius 3 is 2.08 bits per heavy atom. The molecule has 188 valence electrons. The maximum absolute atomic E-state index is 12.2. The van der Waals surface area contributed by atoms with Gasteiger partial charge in [-0.25, -0.2) is 13.2 Å². The number of amides is 1. The minimum Gasteiger partial charge on any atom is -0.452 e. The van der Waals surface area contributed by atoms with Crippen molar-refractivity contribution in [2.45, 2.75) is 6.36 Å². The zero-order valence-electron chi connectivity index (χ0n) is 18.4. The van der Waals surface area contributed by atoms with Crippen molar-refractivity contribution in [1.29, 1.82) is 0 Å². The topological polar surface area (TPSA) is 111 Å². The molecular weight excluding hydrogens is 501 g/mol. The van der Waals surface area contributed by atoms with Crippen molar-refractivity contribution in [3.05, 3.63) is 95.4 Å². The first-order chi connectivity index (χ1) is 17.0. The maximum Gasteiger partial charge on any atom is 0.573 e. The van der Waals surface area contributed by atoms with E-state index >= 15 is 0 Å². The first-order valence-corrected chi connectivity index (χ1v) is 11.7. The van der Waals surface area contributed by atoms with Crippen LogP contribution in [0.4, 0.5) is 24.5 Å². The van der Waals surface area contributed by atoms with Gasteiger partial charge in [0.1, 0.15) is 5.75 Å². The van der Waals surface area contributed by atoms with Gasteiger partial charge in [0.2, 0.25) is 0 Å². The largest absolute Gasteiger partial charge is 0.573 e. The average Bonchev–Trinajstić information content (AvgIpc) is 2.82. The van der Waals surface area contributed by atoms with E-state index in [1.54, 1.807) is 24.3 Å². The van der Waals surface area contributed by atoms with Crippen LogP contribution in [-0.2, 0) is 19.6 Å². The Labute approximate surface area is 204 Å². The first-order valence-electron chi connectivity index (χ1n) is 10.2. The molecule has 0 saturated heterocycles. The molecule has 12 heteroatoms. The number of benzene rings is 3. The number of carbonyl (C=O) groups excluding carboxylic acids is 2. The number of esters is 1. The highest BCUT2D eigenvalue weighted by atomic mass is 32.2. The van der Waals surface area contributed by atoms with Gasteiger partial charge in [0.15, 0.2) is 6.61 Å². The molecule has 36 heavy (non-hydrogen) atoms. The summed E-state index contributed by atoms with van der Waals surface area (Å²) in [5, 5.41) is 3.38. The van der Waals surface area contributed by atoms with Gasteiger partial charge in [-0.15, -0.1) is 13.2 Å². The molecule has 8 nitrogen and oxygen atoms in total. The van der Waals surface area contributed by atoms with Crippen LogP contribution in [-0.4, -0.2) is 33.3 Å². The van der Waals surface area contributed by atoms with Crippen LogP contribution >= 0.6 is 0 Å². The molecule has 0 heterocycles. The maximum atomic E-state index is 12.2. The SMILES string of the molecule is O=C(COC(=O)c1ccc(NS(=O)(=O)/C=C/c2ccccc2)cc1)Nc1ccc(OC(F)(F)F)cc1. The predicted octanol–water partition coefficient (Wildman–Crippen LogP) is 4.79. The first kappa shape index (κ1) is 26.3. The van der Waals surface area contributed by atoms with E-state index in [1.165, 1.54) is 42.5 Å². The number of nitrogens with one attached hydrogen (secondary N) is 2. The van der Waals surface area contributed by atoms with E-state index < -0.39 is 40.6 Å². The molecule has 0 fully saturated rings. The Morgan fingerprint density at radius 1 is 0.861 bits per heavy atom. The fourth-order valence-corrected chi connectivity index (χ4v) is 3.63. The number of hydrogen-bond acceptors (Lipinski definition) is 6. The molecule has 0 aliphatic carbocycles. The molecule has 1 amide bonds. The second-order valence-electron chi connectivity index (χ2n) is 7.13. The summed E-state index contributed by atoms with van der Waals surface area (Å²) in [6, 6.07) is 18.6. The molecule has 0 unspecified atom stereocenters. The fourth-order valence-electron chi connectivity index (χ4n) is 2.76. The van der Waals surface area contributed by atoms with Crippen LogP contribution in [0.5, 0.6) is 5.75 Å². The van der Waals surface area contributed by atoms with E-state index in [2.05, 4.69) is 14.8 Å². The summed E-state index contributed by atoms with van der Waals surface area (Å²) in [5.74, 6) is -2.01. The van der Waals surface area contributed by atoms with Crippen molar-refractivity contribution >= 4 is 39.4 Å². The molecule has 0 aliphatic heterocycles. The molecule has 3 aromatic carbocycles. The molecule has 3 aromatic rings. The van der Waals surface area contributed by atoms with Gasteiger partial charge >= 0.3 is 12.3 Å². The van der Waals surface area contributed by atoms with Crippen LogP contribution < -0.4 is 14.8 Å². The average molecular weight is 520 g/mol. The van der Waals surface area contributed by atoms with E-state index in [0.29, 0.717) is 5.56 Å². The third-order valence-corrected chi connectivity index (χ3v) is 5.34. The number of alkyl halides is 3. The number of anilines is 2. The summed E-state index contributed by atoms with van der Waals surface area (Å²) in [6.45, 7) is -0.654. The Balaban J connectivity index is 1.48. The molecule has 2 N–H and O–H groups in total. The lowest BCUT2D eigenvalue weighted by Gasteiger charge is -2.10. The van der Waals surface area contributed by atoms with Crippen LogP contribution in [0.3, 0.4) is 0 Å². The standard InChI is InChI=1S/C24H19F3N2O6S/c25-24(26,27)35-21-12-10-19(11-13-21)28-22(30)16-34-23(31)18-6-8-20(9-7-18)29-36(32,33)15-14-17-4-2-1-3-5-17/h1-15,29H,16H2,(H,28,30)/b15-14+. The minimum absolute atomic E-state index is 0.0687. The second-order valence-corrected chi connectivity index (χ2v) is 8.70. The summed E-state index contributed by atoms with van der Waals surface area (Å²) in [5.41, 5.74) is 1.15. The van der Waals surface area contributed by atoms with Gasteiger partial charge in [-0.3, -0.25) is 9.52 Å². The number of sulfonamides is 1. The quantitative estimate of drug-likeness (QED) is 0.393. The van der Waals surface area contributed by atoms with Gasteiger partial charge in [-0.2, -0.15) is 0 Å². The van der Waals surface area contributed by atoms with Crippen LogP contribution in [0, 0.1) is 0 Å². The van der Waals surface area contributed by atoms with Gasteiger partial charge < -0.3 is 14.8 Å². The van der Waals surface area contributed by atoms with Crippen LogP contribution in [0.15, 0.2) is 84.3 Å². The fraction of sp³-hybridized carbons (Fsp3) is 0.0833. The molecule has 0 atom stereocenters. The Kier molecular flexibility index (Phi) is 8.33. The highest BCUT2D eigenvalue weighted by molar-refractivity contribution is 7.95. The van der Waals surface area contributed by atoms with E-state index in [-0.39, 0.29) is 16.9 Å². The molecular formula is C24H19F3N2O6S. The number of rotatable bonds is 9. The molecule has 0 aromatic heterocycles. The molecule has 0 radical (unpaired) electrons. The molecule has 0 saturated carbocycles. The summed E-state index contributed by atoms with van der Waals surface area (Å²) in [6.07, 6.45) is -3.40. The second kappa shape index (κ2) is 11.4. The highest BCUT2D eigenvalue weighted by Crippen LogP contribution is 2.24. The van der Waals surface area contributed by atoms with Crippen LogP contribution in [0.2, 0.25) is 0 Å². The zero-order valence-corrected chi connectivity index (χ0v) is 19.2. The smallest absolute Gasteiger partial charge is 0.452 e. The van der Waals surface area contributed by atoms with Gasteiger partial charge in [0, 0.05) is 11.4 Å². The number of ether oxygens (including phenoxy) is 2. The van der Waals surface area contributed by atoms with Crippen molar-refractivity contribution in [3.8, 4) is 5.75 Å². The van der Waals surface area contributed by atoms with Crippen molar-refractivity contribution in [3.63, 3.8) is 0 Å². The van der Waals surface area contributed by atoms with Crippen molar-refractivity contribution in [1.82, 2.24) is 0 Å². The molecule has 3 rings (SSSR count). The van der Waals surface area contributed by atoms with Gasteiger partial charge in [0.05, 0.1) is 11.0 Å². The van der Waals surface area contributed by atoms with Crippen molar-refractivity contribution in [2.75, 3.05) is 16.6 Å². The predicted molar refractivity (Wildman–Crippen MR) is 126 cm³/mol. The van der Waals surface area contributed by atoms with Crippen LogP contribution in [0.25, 0.3) is 6.08 Å². The van der Waals surface area contributed by atoms with Crippen molar-refractivity contribution in [2.24, 2.45) is 0 Å². The Morgan fingerprint density at radius 2 is 1.47 bits per heavy atom. The third-order valence-electron chi connectivity index (χ3n) is 4.33. The summed E-state index contributed by atoms with van der Waals surface area (Å²) < 4.78 is 71.9. The van der Waals surface area contributed by atoms with Crippen molar-refractivity contribution < 1.29 is 40.7 Å². The summed E-state index contributed by atoms with van der Waals surface area (Å²) >= 11 is 0. The lowest BCUT2D eigenvalue weighted by molar-refractivity contribution is -0.274. The number of halogens is 3. The lowest BCUT2D eigenvalue weighted by Crippen LogP contribution is -2.21. The van der Waals surface area contributed by atoms with E-state index in [1.807, 2.05) is 6.07 Å². The lowest BCUT2D eigenvalue weighted by atomic mass is 10.2. The Hall–Kier alpha value is -4.32. The number of carbonyl (C=O) groups is 2. The summed E-state index contributed by atoms with van der Waals surface area (Å²) in [7, 11) is -3.79. The highest BCUT2D eigenvalue weighted by Gasteiger charge is 2.31. The van der Waals surface area contributed by atoms with E-state index in [0.717, 1.165) is 17.5 Å². The monoisotopic (exact) mass is 520 g/mol. The van der Waals surface area contributed by atoms with E-state index in [9.17, 15) is 31.2 Å². The Bertz CT molecular complexity index is 1330. The van der Waals surface area contributed by atoms with Gasteiger partial charge in [0.25, 0.3) is 15.9 Å². The summed E-state index contributed by atoms with van der Waals surface area (Å²) in [4.78, 5) is 24.1. The molecule has 0 spiro atoms. The third kappa shape index (κ3) is 8.80. The minimum atomic E-state index is -4.83. The number of hydrogen-bond donors (Lipinski definition) is 2. The van der Waals surface area contributed by atoms with E-state index in [4.69, 9.17) is 4.74 Å². The van der Waals surface area contributed by atoms with Gasteiger partial charge in [-0.1, -0.05) is 30.3 Å².